The van der Waals surface area contributed by atoms with Crippen molar-refractivity contribution in [3.8, 4) is 22.8 Å². The van der Waals surface area contributed by atoms with E-state index >= 15 is 0 Å². The zero-order valence-electron chi connectivity index (χ0n) is 24.8. The number of halogens is 2. The molecular formula is C41H23F2N3O. The molecule has 0 N–H and O–H groups in total. The van der Waals surface area contributed by atoms with Gasteiger partial charge in [0.1, 0.15) is 28.6 Å². The molecule has 0 aliphatic carbocycles. The number of rotatable bonds is 3. The average molecular weight is 612 g/mol. The molecule has 47 heavy (non-hydrogen) atoms. The number of hydrogen-bond acceptors (Lipinski definition) is 2. The van der Waals surface area contributed by atoms with Crippen LogP contribution in [0.3, 0.4) is 0 Å². The first-order valence-electron chi connectivity index (χ1n) is 15.4. The molecule has 0 saturated carbocycles. The third-order valence-corrected chi connectivity index (χ3v) is 9.24. The Morgan fingerprint density at radius 1 is 0.447 bits per heavy atom. The molecule has 0 spiro atoms. The predicted molar refractivity (Wildman–Crippen MR) is 186 cm³/mol. The molecule has 0 atom stereocenters. The second-order valence-corrected chi connectivity index (χ2v) is 11.9. The van der Waals surface area contributed by atoms with Crippen molar-refractivity contribution in [2.45, 2.75) is 0 Å². The van der Waals surface area contributed by atoms with Crippen LogP contribution in [0.25, 0.3) is 88.3 Å². The van der Waals surface area contributed by atoms with Gasteiger partial charge in [0.05, 0.1) is 27.8 Å². The first-order chi connectivity index (χ1) is 23.1. The number of aromatic nitrogens is 3. The fourth-order valence-corrected chi connectivity index (χ4v) is 7.19. The van der Waals surface area contributed by atoms with Crippen molar-refractivity contribution < 1.29 is 13.2 Å². The number of hydrogen-bond donors (Lipinski definition) is 0. The van der Waals surface area contributed by atoms with E-state index in [2.05, 4.69) is 71.3 Å². The molecule has 6 aromatic carbocycles. The quantitative estimate of drug-likeness (QED) is 0.199. The van der Waals surface area contributed by atoms with Gasteiger partial charge in [-0.05, 0) is 97.1 Å². The fourth-order valence-electron chi connectivity index (χ4n) is 7.19. The van der Waals surface area contributed by atoms with Crippen LogP contribution in [0.15, 0.2) is 144 Å². The van der Waals surface area contributed by atoms with Crippen molar-refractivity contribution >= 4 is 65.6 Å². The van der Waals surface area contributed by atoms with E-state index in [1.807, 2.05) is 41.0 Å². The van der Waals surface area contributed by atoms with Gasteiger partial charge in [0.2, 0.25) is 0 Å². The highest BCUT2D eigenvalue weighted by atomic mass is 19.1. The zero-order chi connectivity index (χ0) is 31.2. The Hall–Kier alpha value is -6.27. The van der Waals surface area contributed by atoms with Crippen LogP contribution in [0.4, 0.5) is 8.78 Å². The van der Waals surface area contributed by atoms with Crippen LogP contribution >= 0.6 is 0 Å². The summed E-state index contributed by atoms with van der Waals surface area (Å²) in [5.41, 5.74) is 8.19. The van der Waals surface area contributed by atoms with Crippen molar-refractivity contribution in [1.82, 2.24) is 14.1 Å². The Morgan fingerprint density at radius 3 is 1.72 bits per heavy atom. The van der Waals surface area contributed by atoms with Crippen LogP contribution in [0, 0.1) is 11.6 Å². The Morgan fingerprint density at radius 2 is 1.04 bits per heavy atom. The minimum atomic E-state index is -0.371. The van der Waals surface area contributed by atoms with Gasteiger partial charge in [0, 0.05) is 43.6 Å². The first kappa shape index (κ1) is 26.0. The number of benzene rings is 6. The van der Waals surface area contributed by atoms with Crippen LogP contribution in [-0.2, 0) is 0 Å². The fraction of sp³-hybridized carbons (Fsp3) is 0. The van der Waals surface area contributed by atoms with Gasteiger partial charge in [-0.25, -0.2) is 13.8 Å². The Balaban J connectivity index is 1.14. The van der Waals surface area contributed by atoms with E-state index in [0.29, 0.717) is 16.6 Å². The molecule has 0 fully saturated rings. The summed E-state index contributed by atoms with van der Waals surface area (Å²) in [5.74, 6) is -0.0829. The van der Waals surface area contributed by atoms with E-state index < -0.39 is 0 Å². The number of para-hydroxylation sites is 2. The van der Waals surface area contributed by atoms with Gasteiger partial charge < -0.3 is 8.98 Å². The lowest BCUT2D eigenvalue weighted by atomic mass is 10.1. The molecule has 0 aliphatic rings. The molecule has 4 heterocycles. The van der Waals surface area contributed by atoms with E-state index in [1.54, 1.807) is 12.1 Å². The van der Waals surface area contributed by atoms with Gasteiger partial charge >= 0.3 is 0 Å². The van der Waals surface area contributed by atoms with E-state index in [9.17, 15) is 8.78 Å². The molecule has 10 aromatic rings. The molecule has 4 aromatic heterocycles. The molecule has 0 saturated heterocycles. The maximum Gasteiger partial charge on any atom is 0.138 e. The monoisotopic (exact) mass is 611 g/mol. The maximum absolute atomic E-state index is 14.3. The minimum Gasteiger partial charge on any atom is -0.456 e. The summed E-state index contributed by atoms with van der Waals surface area (Å²) < 4.78 is 39.1. The highest BCUT2D eigenvalue weighted by Crippen LogP contribution is 2.37. The summed E-state index contributed by atoms with van der Waals surface area (Å²) in [6, 6.07) is 44.5. The van der Waals surface area contributed by atoms with Gasteiger partial charge in [-0.3, -0.25) is 4.57 Å². The van der Waals surface area contributed by atoms with Crippen molar-refractivity contribution in [2.24, 2.45) is 0 Å². The lowest BCUT2D eigenvalue weighted by molar-refractivity contribution is 0.628. The Bertz CT molecular complexity index is 2780. The molecule has 0 amide bonds. The molecule has 222 valence electrons. The molecule has 0 bridgehead atoms. The van der Waals surface area contributed by atoms with Crippen LogP contribution in [0.2, 0.25) is 0 Å². The minimum absolute atomic E-state index is 0.371. The highest BCUT2D eigenvalue weighted by molar-refractivity contribution is 6.11. The number of nitrogens with zero attached hydrogens (tertiary/aromatic N) is 3. The number of fused-ring (bicyclic) bond motifs is 9. The smallest absolute Gasteiger partial charge is 0.138 e. The van der Waals surface area contributed by atoms with E-state index in [0.717, 1.165) is 61.0 Å². The van der Waals surface area contributed by atoms with Crippen molar-refractivity contribution in [3.05, 3.63) is 151 Å². The first-order valence-corrected chi connectivity index (χ1v) is 15.4. The SMILES string of the molecule is Fc1ccc2c(c1)c1cc(F)ccc1n2-c1cccc(-c2ccc3oc4ccc(-n5c6ccccc6c6ccccc65)cc4c3c2)n1. The standard InChI is InChI=1S/C41H23F2N3O/c42-25-13-16-37-30(21-25)31-22-26(43)14-17-38(31)46(37)41-11-5-8-34(44-41)24-12-18-39-32(20-24)33-23-27(15-19-40(33)47-39)45-35-9-3-1-6-28(35)29-7-2-4-10-36(29)45/h1-23H. The second kappa shape index (κ2) is 9.61. The van der Waals surface area contributed by atoms with Gasteiger partial charge in [-0.1, -0.05) is 42.5 Å². The zero-order valence-corrected chi connectivity index (χ0v) is 24.8. The average Bonchev–Trinajstić information content (AvgIpc) is 3.75. The van der Waals surface area contributed by atoms with Crippen LogP contribution in [-0.4, -0.2) is 14.1 Å². The molecule has 0 radical (unpaired) electrons. The Kier molecular flexibility index (Phi) is 5.32. The summed E-state index contributed by atoms with van der Waals surface area (Å²) in [6.45, 7) is 0. The molecule has 0 aliphatic heterocycles. The molecular weight excluding hydrogens is 588 g/mol. The topological polar surface area (TPSA) is 35.9 Å². The van der Waals surface area contributed by atoms with Gasteiger partial charge in [-0.15, -0.1) is 0 Å². The predicted octanol–water partition coefficient (Wildman–Crippen LogP) is 11.1. The van der Waals surface area contributed by atoms with Gasteiger partial charge in [0.25, 0.3) is 0 Å². The molecule has 4 nitrogen and oxygen atoms in total. The molecule has 10 rings (SSSR count). The van der Waals surface area contributed by atoms with Gasteiger partial charge in [0.15, 0.2) is 0 Å². The summed E-state index contributed by atoms with van der Waals surface area (Å²) in [7, 11) is 0. The van der Waals surface area contributed by atoms with Crippen LogP contribution in [0.1, 0.15) is 0 Å². The highest BCUT2D eigenvalue weighted by Gasteiger charge is 2.17. The van der Waals surface area contributed by atoms with Gasteiger partial charge in [-0.2, -0.15) is 0 Å². The molecule has 0 unspecified atom stereocenters. The number of furan rings is 1. The van der Waals surface area contributed by atoms with Crippen molar-refractivity contribution in [1.29, 1.82) is 0 Å². The third-order valence-electron chi connectivity index (χ3n) is 9.24. The van der Waals surface area contributed by atoms with Crippen molar-refractivity contribution in [3.63, 3.8) is 0 Å². The number of pyridine rings is 1. The summed E-state index contributed by atoms with van der Waals surface area (Å²) in [6.07, 6.45) is 0. The lowest BCUT2D eigenvalue weighted by Crippen LogP contribution is -1.98. The van der Waals surface area contributed by atoms with Crippen molar-refractivity contribution in [2.75, 3.05) is 0 Å². The Labute approximate surface area is 266 Å². The normalized spacial score (nSPS) is 12.0. The molecule has 6 heteroatoms. The summed E-state index contributed by atoms with van der Waals surface area (Å²) in [4.78, 5) is 5.07. The van der Waals surface area contributed by atoms with Crippen LogP contribution < -0.4 is 0 Å². The second-order valence-electron chi connectivity index (χ2n) is 11.9. The van der Waals surface area contributed by atoms with E-state index in [1.165, 1.54) is 35.0 Å². The summed E-state index contributed by atoms with van der Waals surface area (Å²) >= 11 is 0. The third kappa shape index (κ3) is 3.82. The largest absolute Gasteiger partial charge is 0.456 e. The maximum atomic E-state index is 14.3. The van der Waals surface area contributed by atoms with Crippen LogP contribution in [0.5, 0.6) is 0 Å². The summed E-state index contributed by atoms with van der Waals surface area (Å²) in [5, 5.41) is 5.71. The van der Waals surface area contributed by atoms with E-state index in [-0.39, 0.29) is 11.6 Å². The lowest BCUT2D eigenvalue weighted by Gasteiger charge is -2.09. The van der Waals surface area contributed by atoms with E-state index in [4.69, 9.17) is 9.40 Å².